The molecule has 0 aromatic heterocycles. The van der Waals surface area contributed by atoms with Gasteiger partial charge in [0.25, 0.3) is 0 Å². The lowest BCUT2D eigenvalue weighted by atomic mass is 9.91. The Labute approximate surface area is 492 Å². The van der Waals surface area contributed by atoms with E-state index in [0.717, 1.165) is 56.0 Å². The zero-order chi connectivity index (χ0) is 58.0. The number of halogens is 9. The van der Waals surface area contributed by atoms with Gasteiger partial charge in [-0.15, -0.1) is 0 Å². The fraction of sp³-hybridized carbons (Fsp3) is 0.357. The molecule has 2 aliphatic heterocycles. The molecule has 2 heterocycles. The van der Waals surface area contributed by atoms with Crippen molar-refractivity contribution in [2.75, 3.05) is 73.9 Å². The van der Waals surface area contributed by atoms with E-state index in [4.69, 9.17) is 9.47 Å². The van der Waals surface area contributed by atoms with Crippen molar-refractivity contribution < 1.29 is 93.0 Å². The highest BCUT2D eigenvalue weighted by atomic mass is 127. The number of ether oxygens (including phenoxy) is 2. The number of quaternary nitrogens is 1. The first-order valence-corrected chi connectivity index (χ1v) is 27.0. The second-order valence-corrected chi connectivity index (χ2v) is 20.1. The predicted molar refractivity (Wildman–Crippen MR) is 285 cm³/mol. The Hall–Kier alpha value is -6.61. The molecule has 0 aliphatic carbocycles. The molecule has 0 bridgehead atoms. The Balaban J connectivity index is 0.0000118. The second kappa shape index (κ2) is 27.7. The molecular weight excluding hydrogens is 1300 g/mol. The number of esters is 2. The maximum absolute atomic E-state index is 14.7. The third kappa shape index (κ3) is 15.0. The summed E-state index contributed by atoms with van der Waals surface area (Å²) in [5.74, 6) is -2.70. The predicted octanol–water partition coefficient (Wildman–Crippen LogP) is 8.34. The van der Waals surface area contributed by atoms with E-state index in [0.29, 0.717) is 24.2 Å². The number of anilines is 2. The summed E-state index contributed by atoms with van der Waals surface area (Å²) in [6.45, 7) is 2.45. The van der Waals surface area contributed by atoms with Crippen LogP contribution in [0.2, 0.25) is 0 Å². The van der Waals surface area contributed by atoms with E-state index in [1.54, 1.807) is 13.8 Å². The molecule has 24 heteroatoms. The first-order chi connectivity index (χ1) is 37.4. The quantitative estimate of drug-likeness (QED) is 0.0244. The van der Waals surface area contributed by atoms with Crippen LogP contribution in [-0.2, 0) is 41.0 Å². The summed E-state index contributed by atoms with van der Waals surface area (Å²) in [6.07, 6.45) is -9.26. The summed E-state index contributed by atoms with van der Waals surface area (Å²) in [6, 6.07) is 19.5. The molecule has 0 saturated carbocycles. The molecule has 0 radical (unpaired) electrons. The molecule has 4 amide bonds. The number of urea groups is 2. The largest absolute Gasteiger partial charge is 1.00 e. The Bertz CT molecular complexity index is 2920. The van der Waals surface area contributed by atoms with Gasteiger partial charge in [-0.05, 0) is 85.6 Å². The molecule has 4 aromatic rings. The number of ketones is 2. The van der Waals surface area contributed by atoms with Gasteiger partial charge >= 0.3 is 36.4 Å². The van der Waals surface area contributed by atoms with E-state index in [1.165, 1.54) is 60.7 Å². The van der Waals surface area contributed by atoms with Gasteiger partial charge in [-0.25, -0.2) is 19.2 Å². The Morgan fingerprint density at radius 2 is 0.950 bits per heavy atom. The SMILES string of the molecule is CCOC(=O)C1=C(CBr)N(c2cccc(C(F)(F)F)c2)C(=O)N(CC(=O)CCC[N+](C)(C)CCCC(=O)CN2C(=O)N(c3cccc(C(F)(F)F)c3)C(CBr)=C(C(=O)OCC)[C@H]2c2ccc(C#N)cc2)[C@@H]1c1ccc(C#N)cc1.[I-]. The number of amides is 4. The van der Waals surface area contributed by atoms with Crippen LogP contribution in [0, 0.1) is 22.7 Å². The van der Waals surface area contributed by atoms with Crippen molar-refractivity contribution >= 4 is 78.8 Å². The highest BCUT2D eigenvalue weighted by molar-refractivity contribution is 9.09. The number of allylic oxidation sites excluding steroid dienone is 2. The lowest BCUT2D eigenvalue weighted by Gasteiger charge is -2.43. The van der Waals surface area contributed by atoms with Crippen LogP contribution in [0.4, 0.5) is 47.3 Å². The highest BCUT2D eigenvalue weighted by Gasteiger charge is 2.47. The number of nitriles is 2. The first-order valence-electron chi connectivity index (χ1n) is 24.8. The van der Waals surface area contributed by atoms with Crippen LogP contribution in [0.5, 0.6) is 0 Å². The highest BCUT2D eigenvalue weighted by Crippen LogP contribution is 2.44. The molecule has 0 spiro atoms. The van der Waals surface area contributed by atoms with Crippen molar-refractivity contribution in [1.29, 1.82) is 10.5 Å². The number of nitrogens with zero attached hydrogens (tertiary/aromatic N) is 7. The van der Waals surface area contributed by atoms with Crippen molar-refractivity contribution in [2.45, 2.75) is 64.0 Å². The number of alkyl halides is 8. The maximum atomic E-state index is 14.7. The van der Waals surface area contributed by atoms with E-state index < -0.39 is 84.2 Å². The van der Waals surface area contributed by atoms with Crippen molar-refractivity contribution in [1.82, 2.24) is 9.80 Å². The minimum absolute atomic E-state index is 0. The Morgan fingerprint density at radius 3 is 1.25 bits per heavy atom. The lowest BCUT2D eigenvalue weighted by Crippen LogP contribution is -3.00. The van der Waals surface area contributed by atoms with Crippen LogP contribution >= 0.6 is 31.9 Å². The van der Waals surface area contributed by atoms with Gasteiger partial charge in [0.15, 0.2) is 11.6 Å². The van der Waals surface area contributed by atoms with E-state index in [2.05, 4.69) is 31.9 Å². The average Bonchev–Trinajstić information content (AvgIpc) is 3.41. The van der Waals surface area contributed by atoms with Gasteiger partial charge in [-0.1, -0.05) is 68.3 Å². The van der Waals surface area contributed by atoms with E-state index in [1.807, 2.05) is 26.2 Å². The third-order valence-electron chi connectivity index (χ3n) is 13.2. The average molecular weight is 1350 g/mol. The van der Waals surface area contributed by atoms with Crippen LogP contribution < -0.4 is 33.8 Å². The topological polar surface area (TPSA) is 181 Å². The molecule has 424 valence electrons. The minimum atomic E-state index is -4.79. The summed E-state index contributed by atoms with van der Waals surface area (Å²) >= 11 is 6.67. The van der Waals surface area contributed by atoms with Gasteiger partial charge in [0, 0.05) is 36.3 Å². The third-order valence-corrected chi connectivity index (χ3v) is 14.2. The van der Waals surface area contributed by atoms with Crippen molar-refractivity contribution in [2.24, 2.45) is 0 Å². The molecule has 4 aromatic carbocycles. The molecule has 0 unspecified atom stereocenters. The van der Waals surface area contributed by atoms with Crippen LogP contribution in [0.1, 0.15) is 85.0 Å². The second-order valence-electron chi connectivity index (χ2n) is 19.0. The van der Waals surface area contributed by atoms with E-state index in [-0.39, 0.29) is 123 Å². The molecule has 6 rings (SSSR count). The summed E-state index contributed by atoms with van der Waals surface area (Å²) in [4.78, 5) is 89.6. The fourth-order valence-corrected chi connectivity index (χ4v) is 10.5. The minimum Gasteiger partial charge on any atom is -1.00 e. The van der Waals surface area contributed by atoms with Crippen LogP contribution in [0.25, 0.3) is 0 Å². The molecule has 2 atom stereocenters. The maximum Gasteiger partial charge on any atom is 0.416 e. The first kappa shape index (κ1) is 64.2. The summed E-state index contributed by atoms with van der Waals surface area (Å²) in [5, 5.41) is 18.7. The lowest BCUT2D eigenvalue weighted by molar-refractivity contribution is -0.890. The summed E-state index contributed by atoms with van der Waals surface area (Å²) in [5.41, 5.74) is -1.71. The molecule has 0 N–H and O–H groups in total. The van der Waals surface area contributed by atoms with Crippen molar-refractivity contribution in [3.8, 4) is 12.1 Å². The fourth-order valence-electron chi connectivity index (χ4n) is 9.44. The zero-order valence-electron chi connectivity index (χ0n) is 43.7. The number of Topliss-reactive ketones (excluding diaryl/α,β-unsaturated/α-hetero) is 2. The number of benzene rings is 4. The normalized spacial score (nSPS) is 16.0. The van der Waals surface area contributed by atoms with Crippen molar-refractivity contribution in [3.63, 3.8) is 0 Å². The van der Waals surface area contributed by atoms with Gasteiger partial charge in [-0.3, -0.25) is 19.4 Å². The molecule has 80 heavy (non-hydrogen) atoms. The van der Waals surface area contributed by atoms with Crippen LogP contribution in [0.3, 0.4) is 0 Å². The molecule has 15 nitrogen and oxygen atoms in total. The van der Waals surface area contributed by atoms with Gasteiger partial charge in [-0.2, -0.15) is 36.9 Å². The molecular formula is C56H54Br2F6IN7O8. The Morgan fingerprint density at radius 1 is 0.600 bits per heavy atom. The Kier molecular flexibility index (Phi) is 22.2. The molecule has 0 fully saturated rings. The zero-order valence-corrected chi connectivity index (χ0v) is 49.0. The molecule has 0 saturated heterocycles. The number of rotatable bonds is 22. The summed E-state index contributed by atoms with van der Waals surface area (Å²) < 4.78 is 95.3. The number of carbonyl (C=O) groups is 6. The smallest absolute Gasteiger partial charge is 0.416 e. The van der Waals surface area contributed by atoms with Crippen molar-refractivity contribution in [3.05, 3.63) is 153 Å². The number of hydrogen-bond acceptors (Lipinski definition) is 10. The standard InChI is InChI=1S/C56H54Br2F6N7O8.HI/c1-5-78-51(74)47-45(29-57)69(41-13-7-11-39(27-41)55(59,60)61)53(76)67(49(47)37-21-17-35(31-65)18-22-37)33-43(72)15-9-25-71(3,4)26-10-16-44(73)34-68-50(38-23-19-36(32-66)20-24-38)48(52(75)79-6-2)46(30-58)70(54(68)77)42-14-8-12-40(28-42)56(62,63)64;/h7-8,11-14,17-24,27-28,49-50H,5-6,9-10,15-16,25-26,29-30,33-34H2,1-4H3;1H/q+1;/p-1/t49-,50-;/m1./s1. The summed E-state index contributed by atoms with van der Waals surface area (Å²) in [7, 11) is 3.71. The van der Waals surface area contributed by atoms with Gasteiger partial charge in [0.05, 0.1) is 134 Å². The molecule has 2 aliphatic rings. The van der Waals surface area contributed by atoms with E-state index >= 15 is 0 Å². The number of hydrogen-bond donors (Lipinski definition) is 0. The van der Waals surface area contributed by atoms with Crippen LogP contribution in [-0.4, -0.2) is 114 Å². The van der Waals surface area contributed by atoms with Gasteiger partial charge in [0.1, 0.15) is 0 Å². The van der Waals surface area contributed by atoms with E-state index in [9.17, 15) is 65.6 Å². The monoisotopic (exact) mass is 1350 g/mol. The number of carbonyl (C=O) groups excluding carboxylic acids is 6. The van der Waals surface area contributed by atoms with Gasteiger partial charge in [0.2, 0.25) is 0 Å². The van der Waals surface area contributed by atoms with Gasteiger partial charge < -0.3 is 47.7 Å². The van der Waals surface area contributed by atoms with Crippen LogP contribution in [0.15, 0.2) is 120 Å².